The van der Waals surface area contributed by atoms with Gasteiger partial charge in [0.1, 0.15) is 5.82 Å². The molecule has 0 saturated carbocycles. The van der Waals surface area contributed by atoms with Crippen LogP contribution >= 0.6 is 15.9 Å². The van der Waals surface area contributed by atoms with Crippen LogP contribution in [0.1, 0.15) is 31.4 Å². The fourth-order valence-corrected chi connectivity index (χ4v) is 2.69. The predicted molar refractivity (Wildman–Crippen MR) is 74.1 cm³/mol. The topological polar surface area (TPSA) is 21.3 Å². The molecule has 0 aromatic heterocycles. The molecule has 0 bridgehead atoms. The third kappa shape index (κ3) is 3.31. The molecule has 18 heavy (non-hydrogen) atoms. The van der Waals surface area contributed by atoms with Crippen LogP contribution in [0.25, 0.3) is 0 Å². The van der Waals surface area contributed by atoms with Crippen molar-refractivity contribution in [1.29, 1.82) is 0 Å². The molecular formula is C14H19BrFNO. The lowest BCUT2D eigenvalue weighted by atomic mass is 9.89. The Morgan fingerprint density at radius 2 is 2.33 bits per heavy atom. The van der Waals surface area contributed by atoms with Crippen LogP contribution in [-0.4, -0.2) is 19.7 Å². The van der Waals surface area contributed by atoms with Gasteiger partial charge >= 0.3 is 0 Å². The number of benzene rings is 1. The molecule has 100 valence electrons. The van der Waals surface area contributed by atoms with E-state index in [0.29, 0.717) is 10.4 Å². The Balaban J connectivity index is 2.14. The molecule has 1 heterocycles. The Morgan fingerprint density at radius 3 is 3.06 bits per heavy atom. The fourth-order valence-electron chi connectivity index (χ4n) is 2.44. The SMILES string of the molecule is CCNCC1CCCOC1c1ccc(Br)c(F)c1. The number of hydrogen-bond acceptors (Lipinski definition) is 2. The van der Waals surface area contributed by atoms with E-state index in [-0.39, 0.29) is 11.9 Å². The van der Waals surface area contributed by atoms with E-state index >= 15 is 0 Å². The second-order valence-corrected chi connectivity index (χ2v) is 5.53. The Kier molecular flexibility index (Phi) is 5.15. The maximum Gasteiger partial charge on any atom is 0.137 e. The first-order valence-corrected chi connectivity index (χ1v) is 7.29. The second kappa shape index (κ2) is 6.64. The van der Waals surface area contributed by atoms with Gasteiger partial charge in [-0.25, -0.2) is 4.39 Å². The van der Waals surface area contributed by atoms with Crippen molar-refractivity contribution >= 4 is 15.9 Å². The van der Waals surface area contributed by atoms with E-state index in [2.05, 4.69) is 28.2 Å². The highest BCUT2D eigenvalue weighted by atomic mass is 79.9. The Morgan fingerprint density at radius 1 is 1.50 bits per heavy atom. The van der Waals surface area contributed by atoms with Crippen LogP contribution in [0.5, 0.6) is 0 Å². The summed E-state index contributed by atoms with van der Waals surface area (Å²) in [5, 5.41) is 3.36. The number of nitrogens with one attached hydrogen (secondary N) is 1. The highest BCUT2D eigenvalue weighted by Gasteiger charge is 2.27. The van der Waals surface area contributed by atoms with Crippen LogP contribution in [-0.2, 0) is 4.74 Å². The van der Waals surface area contributed by atoms with Crippen LogP contribution < -0.4 is 5.32 Å². The summed E-state index contributed by atoms with van der Waals surface area (Å²) in [6.45, 7) is 4.75. The highest BCUT2D eigenvalue weighted by Crippen LogP contribution is 2.34. The summed E-state index contributed by atoms with van der Waals surface area (Å²) in [5.41, 5.74) is 0.943. The first kappa shape index (κ1) is 14.0. The van der Waals surface area contributed by atoms with Gasteiger partial charge in [0.25, 0.3) is 0 Å². The van der Waals surface area contributed by atoms with Gasteiger partial charge in [0.05, 0.1) is 10.6 Å². The molecule has 0 aliphatic carbocycles. The minimum Gasteiger partial charge on any atom is -0.373 e. The van der Waals surface area contributed by atoms with Gasteiger partial charge in [-0.2, -0.15) is 0 Å². The molecule has 1 saturated heterocycles. The zero-order valence-electron chi connectivity index (χ0n) is 10.6. The quantitative estimate of drug-likeness (QED) is 0.915. The minimum atomic E-state index is -0.219. The molecule has 2 nitrogen and oxygen atoms in total. The molecule has 1 aliphatic heterocycles. The summed E-state index contributed by atoms with van der Waals surface area (Å²) in [6, 6.07) is 5.29. The summed E-state index contributed by atoms with van der Waals surface area (Å²) in [4.78, 5) is 0. The summed E-state index contributed by atoms with van der Waals surface area (Å²) in [7, 11) is 0. The first-order valence-electron chi connectivity index (χ1n) is 6.49. The van der Waals surface area contributed by atoms with Crippen molar-refractivity contribution in [2.45, 2.75) is 25.9 Å². The molecule has 1 aliphatic rings. The summed E-state index contributed by atoms with van der Waals surface area (Å²) < 4.78 is 19.9. The average Bonchev–Trinajstić information content (AvgIpc) is 2.40. The molecule has 0 amide bonds. The Bertz CT molecular complexity index is 399. The normalized spacial score (nSPS) is 24.2. The van der Waals surface area contributed by atoms with Crippen molar-refractivity contribution in [3.05, 3.63) is 34.1 Å². The van der Waals surface area contributed by atoms with E-state index < -0.39 is 0 Å². The highest BCUT2D eigenvalue weighted by molar-refractivity contribution is 9.10. The van der Waals surface area contributed by atoms with E-state index in [1.165, 1.54) is 0 Å². The van der Waals surface area contributed by atoms with Gasteiger partial charge < -0.3 is 10.1 Å². The largest absolute Gasteiger partial charge is 0.373 e. The molecular weight excluding hydrogens is 297 g/mol. The van der Waals surface area contributed by atoms with Crippen molar-refractivity contribution < 1.29 is 9.13 Å². The van der Waals surface area contributed by atoms with Crippen LogP contribution in [0.3, 0.4) is 0 Å². The van der Waals surface area contributed by atoms with Crippen molar-refractivity contribution in [3.8, 4) is 0 Å². The lowest BCUT2D eigenvalue weighted by Gasteiger charge is -2.32. The molecule has 1 aromatic carbocycles. The van der Waals surface area contributed by atoms with Gasteiger partial charge in [0.2, 0.25) is 0 Å². The van der Waals surface area contributed by atoms with Gasteiger partial charge in [-0.3, -0.25) is 0 Å². The molecule has 2 rings (SSSR count). The standard InChI is InChI=1S/C14H19BrFNO/c1-2-17-9-11-4-3-7-18-14(11)10-5-6-12(15)13(16)8-10/h5-6,8,11,14,17H,2-4,7,9H2,1H3. The first-order chi connectivity index (χ1) is 8.72. The molecule has 4 heteroatoms. The van der Waals surface area contributed by atoms with E-state index in [1.807, 2.05) is 6.07 Å². The van der Waals surface area contributed by atoms with Crippen LogP contribution in [0.4, 0.5) is 4.39 Å². The summed E-state index contributed by atoms with van der Waals surface area (Å²) in [6.07, 6.45) is 2.24. The Labute approximate surface area is 116 Å². The number of ether oxygens (including phenoxy) is 1. The third-order valence-electron chi connectivity index (χ3n) is 3.37. The molecule has 0 radical (unpaired) electrons. The van der Waals surface area contributed by atoms with Crippen LogP contribution in [0, 0.1) is 11.7 Å². The fraction of sp³-hybridized carbons (Fsp3) is 0.571. The van der Waals surface area contributed by atoms with E-state index in [0.717, 1.165) is 38.1 Å². The summed E-state index contributed by atoms with van der Waals surface area (Å²) in [5.74, 6) is 0.211. The lowest BCUT2D eigenvalue weighted by Crippen LogP contribution is -2.31. The second-order valence-electron chi connectivity index (χ2n) is 4.67. The third-order valence-corrected chi connectivity index (χ3v) is 4.02. The van der Waals surface area contributed by atoms with Gasteiger partial charge in [-0.1, -0.05) is 13.0 Å². The lowest BCUT2D eigenvalue weighted by molar-refractivity contribution is -0.0277. The van der Waals surface area contributed by atoms with E-state index in [1.54, 1.807) is 12.1 Å². The Hall–Kier alpha value is -0.450. The maximum absolute atomic E-state index is 13.6. The maximum atomic E-state index is 13.6. The molecule has 2 unspecified atom stereocenters. The van der Waals surface area contributed by atoms with Gasteiger partial charge in [-0.15, -0.1) is 0 Å². The summed E-state index contributed by atoms with van der Waals surface area (Å²) >= 11 is 3.18. The minimum absolute atomic E-state index is 0.0143. The molecule has 1 fully saturated rings. The number of hydrogen-bond donors (Lipinski definition) is 1. The molecule has 1 N–H and O–H groups in total. The molecule has 2 atom stereocenters. The van der Waals surface area contributed by atoms with Crippen LogP contribution in [0.2, 0.25) is 0 Å². The van der Waals surface area contributed by atoms with Crippen molar-refractivity contribution in [3.63, 3.8) is 0 Å². The van der Waals surface area contributed by atoms with Gasteiger partial charge in [-0.05, 0) is 53.0 Å². The molecule has 1 aromatic rings. The van der Waals surface area contributed by atoms with Crippen molar-refractivity contribution in [2.75, 3.05) is 19.7 Å². The van der Waals surface area contributed by atoms with Crippen LogP contribution in [0.15, 0.2) is 22.7 Å². The van der Waals surface area contributed by atoms with E-state index in [4.69, 9.17) is 4.74 Å². The zero-order chi connectivity index (χ0) is 13.0. The van der Waals surface area contributed by atoms with Crippen molar-refractivity contribution in [1.82, 2.24) is 5.32 Å². The molecule has 0 spiro atoms. The number of halogens is 2. The number of rotatable bonds is 4. The van der Waals surface area contributed by atoms with Gasteiger partial charge in [0, 0.05) is 19.1 Å². The average molecular weight is 316 g/mol. The smallest absolute Gasteiger partial charge is 0.137 e. The van der Waals surface area contributed by atoms with Crippen molar-refractivity contribution in [2.24, 2.45) is 5.92 Å². The predicted octanol–water partition coefficient (Wildman–Crippen LogP) is 3.67. The van der Waals surface area contributed by atoms with E-state index in [9.17, 15) is 4.39 Å². The monoisotopic (exact) mass is 315 g/mol. The zero-order valence-corrected chi connectivity index (χ0v) is 12.2. The van der Waals surface area contributed by atoms with Gasteiger partial charge in [0.15, 0.2) is 0 Å².